The molecule has 0 amide bonds. The van der Waals surface area contributed by atoms with Gasteiger partial charge in [0, 0.05) is 0 Å². The third-order valence-electron chi connectivity index (χ3n) is 4.07. The fraction of sp³-hybridized carbons (Fsp3) is 0.278. The zero-order chi connectivity index (χ0) is 15.5. The number of nitrogens with zero attached hydrogens (tertiary/aromatic N) is 1. The molecule has 2 aromatic rings. The molecule has 1 aliphatic rings. The van der Waals surface area contributed by atoms with Gasteiger partial charge < -0.3 is 5.32 Å². The molecule has 3 nitrogen and oxygen atoms in total. The Hall–Kier alpha value is -2.07. The van der Waals surface area contributed by atoms with Crippen molar-refractivity contribution in [2.24, 2.45) is 0 Å². The number of hydrogen-bond acceptors (Lipinski definition) is 2. The molecule has 0 aliphatic carbocycles. The molecule has 0 radical (unpaired) electrons. The van der Waals surface area contributed by atoms with Gasteiger partial charge in [0.05, 0.1) is 17.8 Å². The topological polar surface area (TPSA) is 27.3 Å². The third-order valence-corrected chi connectivity index (χ3v) is 4.39. The van der Waals surface area contributed by atoms with Crippen molar-refractivity contribution >= 4 is 23.0 Å². The number of benzene rings is 2. The van der Waals surface area contributed by atoms with Crippen LogP contribution >= 0.6 is 12.2 Å². The van der Waals surface area contributed by atoms with Gasteiger partial charge in [0.2, 0.25) is 0 Å². The molecule has 1 saturated heterocycles. The van der Waals surface area contributed by atoms with Gasteiger partial charge in [-0.25, -0.2) is 0 Å². The Kier molecular flexibility index (Phi) is 4.29. The fourth-order valence-corrected chi connectivity index (χ4v) is 3.20. The number of hydrazine groups is 1. The highest BCUT2D eigenvalue weighted by molar-refractivity contribution is 7.80. The van der Waals surface area contributed by atoms with Crippen LogP contribution in [0, 0.1) is 0 Å². The highest BCUT2D eigenvalue weighted by Gasteiger charge is 2.35. The maximum atomic E-state index is 5.49. The SMILES string of the molecule is CCc1ccc(NN2C(=S)NC(C)C2c2ccccc2)cc1. The molecule has 2 unspecified atom stereocenters. The molecule has 1 heterocycles. The number of hydrogen-bond donors (Lipinski definition) is 2. The molecule has 22 heavy (non-hydrogen) atoms. The number of aryl methyl sites for hydroxylation is 1. The first-order valence-electron chi connectivity index (χ1n) is 7.69. The van der Waals surface area contributed by atoms with E-state index in [1.807, 2.05) is 6.07 Å². The molecule has 4 heteroatoms. The minimum absolute atomic E-state index is 0.180. The number of thiocarbonyl (C=S) groups is 1. The van der Waals surface area contributed by atoms with Gasteiger partial charge in [-0.3, -0.25) is 10.4 Å². The summed E-state index contributed by atoms with van der Waals surface area (Å²) in [5, 5.41) is 6.14. The van der Waals surface area contributed by atoms with Crippen LogP contribution in [0.5, 0.6) is 0 Å². The summed E-state index contributed by atoms with van der Waals surface area (Å²) in [6.45, 7) is 4.32. The molecule has 0 bridgehead atoms. The van der Waals surface area contributed by atoms with Gasteiger partial charge in [-0.05, 0) is 48.8 Å². The lowest BCUT2D eigenvalue weighted by Gasteiger charge is -2.28. The summed E-state index contributed by atoms with van der Waals surface area (Å²) in [7, 11) is 0. The summed E-state index contributed by atoms with van der Waals surface area (Å²) in [4.78, 5) is 0. The van der Waals surface area contributed by atoms with E-state index in [1.165, 1.54) is 11.1 Å². The minimum Gasteiger partial charge on any atom is -0.356 e. The number of anilines is 1. The predicted octanol–water partition coefficient (Wildman–Crippen LogP) is 3.90. The van der Waals surface area contributed by atoms with Gasteiger partial charge in [-0.1, -0.05) is 49.4 Å². The van der Waals surface area contributed by atoms with E-state index in [2.05, 4.69) is 78.1 Å². The molecule has 2 aromatic carbocycles. The number of nitrogens with one attached hydrogen (secondary N) is 2. The minimum atomic E-state index is 0.180. The smallest absolute Gasteiger partial charge is 0.188 e. The lowest BCUT2D eigenvalue weighted by molar-refractivity contribution is 0.376. The van der Waals surface area contributed by atoms with Crippen LogP contribution in [0.15, 0.2) is 54.6 Å². The van der Waals surface area contributed by atoms with Crippen LogP contribution in [0.2, 0.25) is 0 Å². The second-order valence-electron chi connectivity index (χ2n) is 5.63. The standard InChI is InChI=1S/C18H21N3S/c1-3-14-9-11-16(12-10-14)20-21-17(13(2)19-18(21)22)15-7-5-4-6-8-15/h4-13,17,20H,3H2,1-2H3,(H,19,22). The second kappa shape index (κ2) is 6.36. The van der Waals surface area contributed by atoms with Crippen molar-refractivity contribution in [3.63, 3.8) is 0 Å². The van der Waals surface area contributed by atoms with Crippen LogP contribution in [-0.2, 0) is 6.42 Å². The summed E-state index contributed by atoms with van der Waals surface area (Å²) < 4.78 is 0. The Morgan fingerprint density at radius 3 is 2.41 bits per heavy atom. The van der Waals surface area contributed by atoms with Crippen molar-refractivity contribution in [2.45, 2.75) is 32.4 Å². The van der Waals surface area contributed by atoms with Crippen molar-refractivity contribution in [1.29, 1.82) is 0 Å². The molecule has 1 fully saturated rings. The van der Waals surface area contributed by atoms with Crippen LogP contribution < -0.4 is 10.7 Å². The Morgan fingerprint density at radius 2 is 1.77 bits per heavy atom. The van der Waals surface area contributed by atoms with Gasteiger partial charge in [0.25, 0.3) is 0 Å². The van der Waals surface area contributed by atoms with E-state index < -0.39 is 0 Å². The van der Waals surface area contributed by atoms with Crippen molar-refractivity contribution in [2.75, 3.05) is 5.43 Å². The summed E-state index contributed by atoms with van der Waals surface area (Å²) >= 11 is 5.49. The van der Waals surface area contributed by atoms with Crippen LogP contribution in [0.1, 0.15) is 31.0 Å². The molecule has 0 aromatic heterocycles. The largest absolute Gasteiger partial charge is 0.356 e. The maximum Gasteiger partial charge on any atom is 0.188 e. The zero-order valence-electron chi connectivity index (χ0n) is 12.9. The molecular formula is C18H21N3S. The van der Waals surface area contributed by atoms with E-state index in [0.717, 1.165) is 17.2 Å². The highest BCUT2D eigenvalue weighted by atomic mass is 32.1. The molecule has 0 spiro atoms. The monoisotopic (exact) mass is 311 g/mol. The normalized spacial score (nSPS) is 20.8. The van der Waals surface area contributed by atoms with Crippen molar-refractivity contribution in [1.82, 2.24) is 10.3 Å². The quantitative estimate of drug-likeness (QED) is 0.838. The average molecular weight is 311 g/mol. The first-order chi connectivity index (χ1) is 10.7. The maximum absolute atomic E-state index is 5.49. The van der Waals surface area contributed by atoms with E-state index in [-0.39, 0.29) is 12.1 Å². The summed E-state index contributed by atoms with van der Waals surface area (Å²) in [5.41, 5.74) is 7.09. The van der Waals surface area contributed by atoms with Gasteiger partial charge in [-0.2, -0.15) is 0 Å². The molecule has 1 aliphatic heterocycles. The lowest BCUT2D eigenvalue weighted by atomic mass is 10.0. The van der Waals surface area contributed by atoms with Crippen LogP contribution in [-0.4, -0.2) is 16.2 Å². The first kappa shape index (κ1) is 14.9. The first-order valence-corrected chi connectivity index (χ1v) is 8.10. The zero-order valence-corrected chi connectivity index (χ0v) is 13.7. The van der Waals surface area contributed by atoms with Crippen molar-refractivity contribution in [3.05, 3.63) is 65.7 Å². The van der Waals surface area contributed by atoms with Crippen LogP contribution in [0.4, 0.5) is 5.69 Å². The summed E-state index contributed by atoms with van der Waals surface area (Å²) in [6.07, 6.45) is 1.05. The van der Waals surface area contributed by atoms with Crippen LogP contribution in [0.25, 0.3) is 0 Å². The third kappa shape index (κ3) is 2.92. The van der Waals surface area contributed by atoms with Gasteiger partial charge in [-0.15, -0.1) is 0 Å². The Balaban J connectivity index is 1.84. The Morgan fingerprint density at radius 1 is 1.09 bits per heavy atom. The van der Waals surface area contributed by atoms with E-state index in [1.54, 1.807) is 0 Å². The summed E-state index contributed by atoms with van der Waals surface area (Å²) in [5.74, 6) is 0. The lowest BCUT2D eigenvalue weighted by Crippen LogP contribution is -2.35. The molecule has 2 atom stereocenters. The van der Waals surface area contributed by atoms with E-state index in [9.17, 15) is 0 Å². The molecule has 3 rings (SSSR count). The molecule has 114 valence electrons. The van der Waals surface area contributed by atoms with E-state index >= 15 is 0 Å². The molecular weight excluding hydrogens is 290 g/mol. The van der Waals surface area contributed by atoms with Gasteiger partial charge in [0.1, 0.15) is 0 Å². The fourth-order valence-electron chi connectivity index (χ4n) is 2.86. The van der Waals surface area contributed by atoms with Gasteiger partial charge in [0.15, 0.2) is 5.11 Å². The van der Waals surface area contributed by atoms with E-state index in [0.29, 0.717) is 0 Å². The Labute approximate surface area is 137 Å². The van der Waals surface area contributed by atoms with Crippen molar-refractivity contribution < 1.29 is 0 Å². The highest BCUT2D eigenvalue weighted by Crippen LogP contribution is 2.30. The predicted molar refractivity (Wildman–Crippen MR) is 95.7 cm³/mol. The Bertz CT molecular complexity index is 639. The summed E-state index contributed by atoms with van der Waals surface area (Å²) in [6, 6.07) is 19.4. The van der Waals surface area contributed by atoms with Crippen molar-refractivity contribution in [3.8, 4) is 0 Å². The molecule has 0 saturated carbocycles. The van der Waals surface area contributed by atoms with E-state index in [4.69, 9.17) is 12.2 Å². The van der Waals surface area contributed by atoms with Crippen LogP contribution in [0.3, 0.4) is 0 Å². The number of rotatable bonds is 4. The molecule has 2 N–H and O–H groups in total. The average Bonchev–Trinajstić information content (AvgIpc) is 2.83. The van der Waals surface area contributed by atoms with Gasteiger partial charge >= 0.3 is 0 Å². The second-order valence-corrected chi connectivity index (χ2v) is 6.01.